The van der Waals surface area contributed by atoms with Crippen LogP contribution in [0.2, 0.25) is 0 Å². The van der Waals surface area contributed by atoms with Gasteiger partial charge in [0.2, 0.25) is 5.91 Å². The summed E-state index contributed by atoms with van der Waals surface area (Å²) in [6, 6.07) is 0. The normalized spacial score (nSPS) is 12.4. The van der Waals surface area contributed by atoms with Crippen LogP contribution in [0, 0.1) is 11.8 Å². The lowest BCUT2D eigenvalue weighted by Gasteiger charge is -2.19. The molecular weight excluding hydrogens is 232 g/mol. The molecule has 0 aliphatic carbocycles. The molecule has 0 bridgehead atoms. The number of nitrogens with one attached hydrogen (secondary N) is 1. The van der Waals surface area contributed by atoms with Crippen molar-refractivity contribution >= 4 is 11.9 Å². The highest BCUT2D eigenvalue weighted by Gasteiger charge is 2.14. The molecule has 1 amide bonds. The van der Waals surface area contributed by atoms with Gasteiger partial charge in [0.05, 0.1) is 0 Å². The molecule has 106 valence electrons. The Morgan fingerprint density at radius 3 is 2.39 bits per heavy atom. The van der Waals surface area contributed by atoms with E-state index in [9.17, 15) is 9.59 Å². The Hall–Kier alpha value is -1.10. The second-order valence-corrected chi connectivity index (χ2v) is 4.97. The predicted octanol–water partition coefficient (Wildman–Crippen LogP) is 1.37. The van der Waals surface area contributed by atoms with Gasteiger partial charge in [-0.25, -0.2) is 0 Å². The number of aliphatic carboxylic acids is 1. The average molecular weight is 258 g/mol. The van der Waals surface area contributed by atoms with Crippen LogP contribution in [0.3, 0.4) is 0 Å². The van der Waals surface area contributed by atoms with Gasteiger partial charge in [-0.15, -0.1) is 0 Å². The van der Waals surface area contributed by atoms with Crippen LogP contribution >= 0.6 is 0 Å². The number of rotatable bonds is 10. The molecule has 0 saturated heterocycles. The minimum atomic E-state index is -0.827. The van der Waals surface area contributed by atoms with Crippen LogP contribution in [-0.4, -0.2) is 30.1 Å². The van der Waals surface area contributed by atoms with Crippen molar-refractivity contribution in [2.75, 3.05) is 13.1 Å². The number of carbonyl (C=O) groups is 2. The van der Waals surface area contributed by atoms with Crippen LogP contribution in [0.5, 0.6) is 0 Å². The molecule has 0 aromatic heterocycles. The first-order chi connectivity index (χ1) is 8.47. The number of hydrogen-bond donors (Lipinski definition) is 3. The first kappa shape index (κ1) is 16.9. The van der Waals surface area contributed by atoms with Gasteiger partial charge in [-0.1, -0.05) is 13.8 Å². The predicted molar refractivity (Wildman–Crippen MR) is 71.1 cm³/mol. The molecule has 0 aliphatic heterocycles. The van der Waals surface area contributed by atoms with Gasteiger partial charge in [-0.3, -0.25) is 9.59 Å². The molecule has 5 nitrogen and oxygen atoms in total. The van der Waals surface area contributed by atoms with Crippen molar-refractivity contribution in [3.05, 3.63) is 0 Å². The molecule has 0 fully saturated rings. The van der Waals surface area contributed by atoms with Gasteiger partial charge in [-0.05, 0) is 37.6 Å². The van der Waals surface area contributed by atoms with Crippen molar-refractivity contribution in [1.29, 1.82) is 0 Å². The quantitative estimate of drug-likeness (QED) is 0.516. The Bertz CT molecular complexity index is 255. The number of carboxylic acids is 1. The van der Waals surface area contributed by atoms with E-state index in [4.69, 9.17) is 10.8 Å². The zero-order valence-corrected chi connectivity index (χ0v) is 11.4. The summed E-state index contributed by atoms with van der Waals surface area (Å²) >= 11 is 0. The monoisotopic (exact) mass is 258 g/mol. The summed E-state index contributed by atoms with van der Waals surface area (Å²) < 4.78 is 0. The Kier molecular flexibility index (Phi) is 9.28. The Morgan fingerprint density at radius 2 is 1.89 bits per heavy atom. The van der Waals surface area contributed by atoms with Crippen molar-refractivity contribution in [2.24, 2.45) is 17.6 Å². The maximum atomic E-state index is 11.5. The van der Waals surface area contributed by atoms with Crippen LogP contribution in [0.15, 0.2) is 0 Å². The van der Waals surface area contributed by atoms with E-state index in [1.54, 1.807) is 0 Å². The van der Waals surface area contributed by atoms with Gasteiger partial charge >= 0.3 is 5.97 Å². The third kappa shape index (κ3) is 8.98. The fraction of sp³-hybridized carbons (Fsp3) is 0.846. The van der Waals surface area contributed by atoms with E-state index in [-0.39, 0.29) is 12.3 Å². The molecule has 18 heavy (non-hydrogen) atoms. The van der Waals surface area contributed by atoms with Crippen LogP contribution in [0.1, 0.15) is 46.0 Å². The summed E-state index contributed by atoms with van der Waals surface area (Å²) in [4.78, 5) is 21.8. The van der Waals surface area contributed by atoms with Crippen LogP contribution in [0.25, 0.3) is 0 Å². The lowest BCUT2D eigenvalue weighted by atomic mass is 9.88. The number of hydrogen-bond acceptors (Lipinski definition) is 3. The maximum Gasteiger partial charge on any atom is 0.303 e. The van der Waals surface area contributed by atoms with E-state index in [1.165, 1.54) is 0 Å². The van der Waals surface area contributed by atoms with E-state index in [0.717, 1.165) is 12.8 Å². The molecule has 0 heterocycles. The number of carboxylic acid groups (broad SMARTS) is 1. The van der Waals surface area contributed by atoms with Gasteiger partial charge in [-0.2, -0.15) is 0 Å². The third-order valence-corrected chi connectivity index (χ3v) is 3.11. The maximum absolute atomic E-state index is 11.5. The first-order valence-corrected chi connectivity index (χ1v) is 6.66. The van der Waals surface area contributed by atoms with Crippen molar-refractivity contribution < 1.29 is 14.7 Å². The summed E-state index contributed by atoms with van der Waals surface area (Å²) in [7, 11) is 0. The van der Waals surface area contributed by atoms with E-state index < -0.39 is 5.97 Å². The fourth-order valence-corrected chi connectivity index (χ4v) is 1.90. The zero-order chi connectivity index (χ0) is 14.0. The Morgan fingerprint density at radius 1 is 1.22 bits per heavy atom. The lowest BCUT2D eigenvalue weighted by molar-refractivity contribution is -0.137. The summed E-state index contributed by atoms with van der Waals surface area (Å²) in [6.07, 6.45) is 2.87. The van der Waals surface area contributed by atoms with Gasteiger partial charge in [0.15, 0.2) is 0 Å². The fourth-order valence-electron chi connectivity index (χ4n) is 1.90. The Labute approximate surface area is 109 Å². The minimum Gasteiger partial charge on any atom is -0.481 e. The smallest absolute Gasteiger partial charge is 0.303 e. The van der Waals surface area contributed by atoms with Crippen molar-refractivity contribution in [2.45, 2.75) is 46.0 Å². The number of carbonyl (C=O) groups excluding carboxylic acids is 1. The first-order valence-electron chi connectivity index (χ1n) is 6.66. The van der Waals surface area contributed by atoms with Crippen molar-refractivity contribution in [3.63, 3.8) is 0 Å². The summed E-state index contributed by atoms with van der Waals surface area (Å²) in [5, 5.41) is 11.2. The highest BCUT2D eigenvalue weighted by atomic mass is 16.4. The zero-order valence-electron chi connectivity index (χ0n) is 11.4. The van der Waals surface area contributed by atoms with E-state index in [1.807, 2.05) is 0 Å². The molecular formula is C13H26N2O3. The van der Waals surface area contributed by atoms with Crippen molar-refractivity contribution in [1.82, 2.24) is 5.32 Å². The minimum absolute atomic E-state index is 0.00283. The molecule has 0 spiro atoms. The molecule has 0 aromatic carbocycles. The van der Waals surface area contributed by atoms with Gasteiger partial charge in [0.25, 0.3) is 0 Å². The Balaban J connectivity index is 3.70. The largest absolute Gasteiger partial charge is 0.481 e. The molecule has 0 aliphatic rings. The molecule has 1 unspecified atom stereocenters. The van der Waals surface area contributed by atoms with Gasteiger partial charge < -0.3 is 16.2 Å². The third-order valence-electron chi connectivity index (χ3n) is 3.11. The molecule has 1 atom stereocenters. The highest BCUT2D eigenvalue weighted by molar-refractivity contribution is 5.75. The highest BCUT2D eigenvalue weighted by Crippen LogP contribution is 2.20. The average Bonchev–Trinajstić information content (AvgIpc) is 2.29. The second kappa shape index (κ2) is 9.88. The topological polar surface area (TPSA) is 92.4 Å². The van der Waals surface area contributed by atoms with Crippen LogP contribution in [-0.2, 0) is 9.59 Å². The molecule has 0 rings (SSSR count). The van der Waals surface area contributed by atoms with E-state index >= 15 is 0 Å². The van der Waals surface area contributed by atoms with Crippen LogP contribution < -0.4 is 11.1 Å². The molecule has 0 radical (unpaired) electrons. The molecule has 0 saturated carbocycles. The van der Waals surface area contributed by atoms with E-state index in [2.05, 4.69) is 19.2 Å². The van der Waals surface area contributed by atoms with E-state index in [0.29, 0.717) is 37.8 Å². The second-order valence-electron chi connectivity index (χ2n) is 4.97. The summed E-state index contributed by atoms with van der Waals surface area (Å²) in [6.45, 7) is 5.38. The molecule has 5 heteroatoms. The molecule has 0 aromatic rings. The van der Waals surface area contributed by atoms with Crippen molar-refractivity contribution in [3.8, 4) is 0 Å². The summed E-state index contributed by atoms with van der Waals surface area (Å²) in [5.74, 6) is 0.197. The standard InChI is InChI=1S/C13H26N2O3/c1-10(2)11(7-8-14)5-6-12(16)15-9-3-4-13(17)18/h10-11H,3-9,14H2,1-2H3,(H,15,16)(H,17,18). The number of amides is 1. The summed E-state index contributed by atoms with van der Waals surface area (Å²) in [5.41, 5.74) is 5.54. The lowest BCUT2D eigenvalue weighted by Crippen LogP contribution is -2.26. The van der Waals surface area contributed by atoms with Crippen LogP contribution in [0.4, 0.5) is 0 Å². The molecule has 4 N–H and O–H groups in total. The van der Waals surface area contributed by atoms with Gasteiger partial charge in [0, 0.05) is 19.4 Å². The SMILES string of the molecule is CC(C)C(CCN)CCC(=O)NCCCC(=O)O. The number of nitrogens with two attached hydrogens (primary N) is 1. The van der Waals surface area contributed by atoms with Gasteiger partial charge in [0.1, 0.15) is 0 Å².